The van der Waals surface area contributed by atoms with Crippen LogP contribution < -0.4 is 16.2 Å². The summed E-state index contributed by atoms with van der Waals surface area (Å²) in [6.45, 7) is 0. The Morgan fingerprint density at radius 2 is 1.79 bits per heavy atom. The Balaban J connectivity index is 2.27. The van der Waals surface area contributed by atoms with E-state index in [1.807, 2.05) is 12.1 Å². The van der Waals surface area contributed by atoms with Crippen LogP contribution in [0.3, 0.4) is 0 Å². The van der Waals surface area contributed by atoms with Gasteiger partial charge in [0, 0.05) is 16.1 Å². The molecule has 5 N–H and O–H groups in total. The van der Waals surface area contributed by atoms with Gasteiger partial charge in [-0.1, -0.05) is 30.0 Å². The van der Waals surface area contributed by atoms with Gasteiger partial charge < -0.3 is 21.3 Å². The lowest BCUT2D eigenvalue weighted by molar-refractivity contribution is 0.373. The van der Waals surface area contributed by atoms with E-state index in [1.54, 1.807) is 24.3 Å². The molecule has 3 aromatic rings. The zero-order valence-electron chi connectivity index (χ0n) is 14.8. The van der Waals surface area contributed by atoms with Crippen molar-refractivity contribution < 1.29 is 9.84 Å². The number of phenols is 1. The van der Waals surface area contributed by atoms with Gasteiger partial charge in [-0.15, -0.1) is 0 Å². The first-order valence-electron chi connectivity index (χ1n) is 8.03. The Hall–Kier alpha value is -3.88. The summed E-state index contributed by atoms with van der Waals surface area (Å²) in [4.78, 5) is 4.97. The summed E-state index contributed by atoms with van der Waals surface area (Å²) in [6.07, 6.45) is 0. The summed E-state index contributed by atoms with van der Waals surface area (Å²) in [5, 5.41) is 29.6. The number of nitrogens with two attached hydrogens (primary N) is 2. The summed E-state index contributed by atoms with van der Waals surface area (Å²) in [5.74, 6) is 0.152. The van der Waals surface area contributed by atoms with Crippen LogP contribution in [0.1, 0.15) is 11.1 Å². The van der Waals surface area contributed by atoms with Gasteiger partial charge in [0.1, 0.15) is 28.5 Å². The van der Waals surface area contributed by atoms with Crippen LogP contribution in [-0.2, 0) is 0 Å². The zero-order chi connectivity index (χ0) is 20.3. The number of nitriles is 2. The molecule has 3 rings (SSSR count). The van der Waals surface area contributed by atoms with Gasteiger partial charge in [-0.3, -0.25) is 0 Å². The number of nitrogens with zero attached hydrogens (tertiary/aromatic N) is 3. The van der Waals surface area contributed by atoms with Gasteiger partial charge in [-0.05, 0) is 29.8 Å². The van der Waals surface area contributed by atoms with E-state index >= 15 is 0 Å². The van der Waals surface area contributed by atoms with E-state index in [0.717, 1.165) is 0 Å². The molecular formula is C20H15N5O2S. The van der Waals surface area contributed by atoms with Crippen molar-refractivity contribution in [3.8, 4) is 34.8 Å². The van der Waals surface area contributed by atoms with Gasteiger partial charge >= 0.3 is 0 Å². The molecular weight excluding hydrogens is 374 g/mol. The number of aromatic nitrogens is 1. The Morgan fingerprint density at radius 1 is 1.07 bits per heavy atom. The first-order valence-corrected chi connectivity index (χ1v) is 8.85. The molecule has 1 aromatic heterocycles. The average Bonchev–Trinajstić information content (AvgIpc) is 2.69. The molecule has 0 spiro atoms. The highest BCUT2D eigenvalue weighted by atomic mass is 32.2. The Morgan fingerprint density at radius 3 is 2.43 bits per heavy atom. The van der Waals surface area contributed by atoms with Crippen LogP contribution in [0.25, 0.3) is 11.1 Å². The van der Waals surface area contributed by atoms with E-state index in [2.05, 4.69) is 11.1 Å². The molecule has 0 saturated heterocycles. The van der Waals surface area contributed by atoms with Crippen molar-refractivity contribution in [1.82, 2.24) is 4.98 Å². The number of ether oxygens (including phenoxy) is 1. The largest absolute Gasteiger partial charge is 0.504 e. The number of methoxy groups -OCH3 is 1. The third-order valence-electron chi connectivity index (χ3n) is 4.01. The van der Waals surface area contributed by atoms with Crippen LogP contribution in [0.4, 0.5) is 11.5 Å². The quantitative estimate of drug-likeness (QED) is 0.575. The van der Waals surface area contributed by atoms with Crippen molar-refractivity contribution in [3.05, 3.63) is 53.6 Å². The topological polar surface area (TPSA) is 142 Å². The Bertz CT molecular complexity index is 1150. The fraction of sp³-hybridized carbons (Fsp3) is 0.0500. The molecule has 0 radical (unpaired) electrons. The van der Waals surface area contributed by atoms with E-state index in [1.165, 1.54) is 31.0 Å². The highest BCUT2D eigenvalue weighted by Crippen LogP contribution is 2.41. The molecule has 0 aliphatic heterocycles. The summed E-state index contributed by atoms with van der Waals surface area (Å²) in [6, 6.07) is 15.9. The molecule has 0 aliphatic rings. The van der Waals surface area contributed by atoms with Crippen LogP contribution in [0.2, 0.25) is 0 Å². The molecule has 0 bridgehead atoms. The minimum Gasteiger partial charge on any atom is -0.504 e. The van der Waals surface area contributed by atoms with Crippen LogP contribution in [-0.4, -0.2) is 17.2 Å². The fourth-order valence-corrected chi connectivity index (χ4v) is 3.61. The number of pyridine rings is 1. The molecule has 0 fully saturated rings. The molecule has 1 heterocycles. The number of hydrogen-bond acceptors (Lipinski definition) is 8. The lowest BCUT2D eigenvalue weighted by Crippen LogP contribution is -2.03. The lowest BCUT2D eigenvalue weighted by Gasteiger charge is -2.14. The molecule has 8 heteroatoms. The van der Waals surface area contributed by atoms with Crippen LogP contribution in [0, 0.1) is 22.7 Å². The number of rotatable bonds is 4. The van der Waals surface area contributed by atoms with E-state index in [4.69, 9.17) is 16.2 Å². The van der Waals surface area contributed by atoms with Crippen LogP contribution >= 0.6 is 11.8 Å². The van der Waals surface area contributed by atoms with E-state index in [0.29, 0.717) is 26.7 Å². The van der Waals surface area contributed by atoms with E-state index in [-0.39, 0.29) is 28.4 Å². The SMILES string of the molecule is COc1cc(-c2c(C#N)c(N)nc(Sc3ccccc3N)c2C#N)ccc1O. The Kier molecular flexibility index (Phi) is 5.25. The predicted molar refractivity (Wildman–Crippen MR) is 107 cm³/mol. The van der Waals surface area contributed by atoms with Crippen LogP contribution in [0.15, 0.2) is 52.4 Å². The van der Waals surface area contributed by atoms with Crippen molar-refractivity contribution in [3.63, 3.8) is 0 Å². The van der Waals surface area contributed by atoms with Crippen molar-refractivity contribution in [2.45, 2.75) is 9.92 Å². The summed E-state index contributed by atoms with van der Waals surface area (Å²) < 4.78 is 5.14. The highest BCUT2D eigenvalue weighted by molar-refractivity contribution is 7.99. The van der Waals surface area contributed by atoms with Crippen LogP contribution in [0.5, 0.6) is 11.5 Å². The standard InChI is InChI=1S/C20H15N5O2S/c1-27-16-8-11(6-7-15(16)26)18-12(9-21)19(24)25-20(13(18)10-22)28-17-5-3-2-4-14(17)23/h2-8,26H,23H2,1H3,(H2,24,25). The second kappa shape index (κ2) is 7.78. The summed E-state index contributed by atoms with van der Waals surface area (Å²) in [7, 11) is 1.41. The molecule has 138 valence electrons. The maximum absolute atomic E-state index is 9.86. The number of aromatic hydroxyl groups is 1. The first-order chi connectivity index (χ1) is 13.5. The van der Waals surface area contributed by atoms with E-state index in [9.17, 15) is 15.6 Å². The van der Waals surface area contributed by atoms with Crippen molar-refractivity contribution in [1.29, 1.82) is 10.5 Å². The van der Waals surface area contributed by atoms with Crippen molar-refractivity contribution in [2.24, 2.45) is 0 Å². The summed E-state index contributed by atoms with van der Waals surface area (Å²) in [5.41, 5.74) is 13.6. The number of anilines is 2. The minimum atomic E-state index is -0.0584. The van der Waals surface area contributed by atoms with Gasteiger partial charge in [-0.25, -0.2) is 4.98 Å². The van der Waals surface area contributed by atoms with Crippen molar-refractivity contribution in [2.75, 3.05) is 18.6 Å². The molecule has 28 heavy (non-hydrogen) atoms. The number of para-hydroxylation sites is 1. The van der Waals surface area contributed by atoms with E-state index < -0.39 is 0 Å². The number of benzene rings is 2. The smallest absolute Gasteiger partial charge is 0.161 e. The molecule has 2 aromatic carbocycles. The molecule has 0 aliphatic carbocycles. The number of hydrogen-bond donors (Lipinski definition) is 3. The fourth-order valence-electron chi connectivity index (χ4n) is 2.67. The number of phenolic OH excluding ortho intramolecular Hbond substituents is 1. The monoisotopic (exact) mass is 389 g/mol. The third kappa shape index (κ3) is 3.37. The predicted octanol–water partition coefficient (Wildman–Crippen LogP) is 3.52. The minimum absolute atomic E-state index is 0.000504. The molecule has 0 amide bonds. The second-order valence-electron chi connectivity index (χ2n) is 5.68. The maximum atomic E-state index is 9.86. The second-order valence-corrected chi connectivity index (χ2v) is 6.71. The Labute approximate surface area is 165 Å². The van der Waals surface area contributed by atoms with Crippen molar-refractivity contribution >= 4 is 23.3 Å². The normalized spacial score (nSPS) is 10.1. The molecule has 0 atom stereocenters. The summed E-state index contributed by atoms with van der Waals surface area (Å²) >= 11 is 1.19. The van der Waals surface area contributed by atoms with Gasteiger partial charge in [0.15, 0.2) is 11.5 Å². The molecule has 7 nitrogen and oxygen atoms in total. The molecule has 0 unspecified atom stereocenters. The van der Waals surface area contributed by atoms with Gasteiger partial charge in [0.05, 0.1) is 12.7 Å². The lowest BCUT2D eigenvalue weighted by atomic mass is 9.96. The first kappa shape index (κ1) is 18.9. The highest BCUT2D eigenvalue weighted by Gasteiger charge is 2.22. The zero-order valence-corrected chi connectivity index (χ0v) is 15.6. The third-order valence-corrected chi connectivity index (χ3v) is 5.09. The van der Waals surface area contributed by atoms with Gasteiger partial charge in [0.2, 0.25) is 0 Å². The average molecular weight is 389 g/mol. The van der Waals surface area contributed by atoms with Gasteiger partial charge in [-0.2, -0.15) is 10.5 Å². The van der Waals surface area contributed by atoms with Gasteiger partial charge in [0.25, 0.3) is 0 Å². The molecule has 0 saturated carbocycles. The number of nitrogen functional groups attached to an aromatic ring is 2. The maximum Gasteiger partial charge on any atom is 0.161 e.